The summed E-state index contributed by atoms with van der Waals surface area (Å²) in [6.07, 6.45) is 0.770. The summed E-state index contributed by atoms with van der Waals surface area (Å²) < 4.78 is 0. The molecule has 0 spiro atoms. The van der Waals surface area contributed by atoms with Crippen LogP contribution in [0.15, 0.2) is 24.3 Å². The van der Waals surface area contributed by atoms with Crippen LogP contribution in [0.2, 0.25) is 0 Å². The van der Waals surface area contributed by atoms with E-state index in [9.17, 15) is 5.11 Å². The van der Waals surface area contributed by atoms with E-state index in [2.05, 4.69) is 18.0 Å². The Labute approximate surface area is 97.9 Å². The molecule has 90 valence electrons. The zero-order valence-electron chi connectivity index (χ0n) is 10.4. The Morgan fingerprint density at radius 2 is 2.06 bits per heavy atom. The highest BCUT2D eigenvalue weighted by Crippen LogP contribution is 2.11. The predicted molar refractivity (Wildman–Crippen MR) is 68.1 cm³/mol. The molecule has 3 nitrogen and oxygen atoms in total. The summed E-state index contributed by atoms with van der Waals surface area (Å²) >= 11 is 0. The lowest BCUT2D eigenvalue weighted by Crippen LogP contribution is -2.28. The Kier molecular flexibility index (Phi) is 4.33. The van der Waals surface area contributed by atoms with Gasteiger partial charge in [0.1, 0.15) is 0 Å². The molecular weight excluding hydrogens is 200 g/mol. The SMILES string of the molecule is CN(CCC(C)(C)O)Cc1cccc(N)c1. The molecule has 0 aliphatic heterocycles. The van der Waals surface area contributed by atoms with E-state index < -0.39 is 5.60 Å². The number of anilines is 1. The van der Waals surface area contributed by atoms with Crippen molar-refractivity contribution < 1.29 is 5.11 Å². The monoisotopic (exact) mass is 222 g/mol. The van der Waals surface area contributed by atoms with Crippen molar-refractivity contribution >= 4 is 5.69 Å². The maximum absolute atomic E-state index is 9.63. The van der Waals surface area contributed by atoms with Crippen molar-refractivity contribution in [2.24, 2.45) is 0 Å². The molecule has 3 N–H and O–H groups in total. The molecule has 0 saturated heterocycles. The molecule has 0 aliphatic carbocycles. The molecule has 0 radical (unpaired) electrons. The minimum absolute atomic E-state index is 0.593. The second-order valence-corrected chi connectivity index (χ2v) is 5.05. The third-order valence-electron chi connectivity index (χ3n) is 2.51. The first-order chi connectivity index (χ1) is 7.37. The molecule has 16 heavy (non-hydrogen) atoms. The van der Waals surface area contributed by atoms with E-state index in [4.69, 9.17) is 5.73 Å². The van der Waals surface area contributed by atoms with Crippen LogP contribution >= 0.6 is 0 Å². The van der Waals surface area contributed by atoms with Crippen LogP contribution in [0.4, 0.5) is 5.69 Å². The van der Waals surface area contributed by atoms with Gasteiger partial charge in [-0.2, -0.15) is 0 Å². The van der Waals surface area contributed by atoms with Gasteiger partial charge in [0.25, 0.3) is 0 Å². The molecule has 0 saturated carbocycles. The summed E-state index contributed by atoms with van der Waals surface area (Å²) in [5, 5.41) is 9.63. The molecule has 0 aromatic heterocycles. The topological polar surface area (TPSA) is 49.5 Å². The van der Waals surface area contributed by atoms with Crippen LogP contribution in [0.1, 0.15) is 25.8 Å². The summed E-state index contributed by atoms with van der Waals surface area (Å²) in [7, 11) is 2.05. The quantitative estimate of drug-likeness (QED) is 0.748. The number of aliphatic hydroxyl groups is 1. The highest BCUT2D eigenvalue weighted by molar-refractivity contribution is 5.40. The van der Waals surface area contributed by atoms with Crippen molar-refractivity contribution in [3.05, 3.63) is 29.8 Å². The van der Waals surface area contributed by atoms with Crippen molar-refractivity contribution in [3.8, 4) is 0 Å². The fourth-order valence-corrected chi connectivity index (χ4v) is 1.55. The van der Waals surface area contributed by atoms with E-state index in [1.54, 1.807) is 0 Å². The predicted octanol–water partition coefficient (Wildman–Crippen LogP) is 1.86. The summed E-state index contributed by atoms with van der Waals surface area (Å²) in [5.41, 5.74) is 7.13. The maximum Gasteiger partial charge on any atom is 0.0603 e. The number of rotatable bonds is 5. The van der Waals surface area contributed by atoms with E-state index in [1.807, 2.05) is 32.0 Å². The zero-order chi connectivity index (χ0) is 12.2. The summed E-state index contributed by atoms with van der Waals surface area (Å²) in [5.74, 6) is 0. The smallest absolute Gasteiger partial charge is 0.0603 e. The van der Waals surface area contributed by atoms with Crippen LogP contribution in [0.5, 0.6) is 0 Å². The Morgan fingerprint density at radius 1 is 1.38 bits per heavy atom. The van der Waals surface area contributed by atoms with E-state index in [0.717, 1.165) is 25.2 Å². The van der Waals surface area contributed by atoms with Crippen molar-refractivity contribution in [2.75, 3.05) is 19.3 Å². The van der Waals surface area contributed by atoms with Gasteiger partial charge in [0.05, 0.1) is 5.60 Å². The Morgan fingerprint density at radius 3 is 2.62 bits per heavy atom. The van der Waals surface area contributed by atoms with Gasteiger partial charge in [0, 0.05) is 18.8 Å². The van der Waals surface area contributed by atoms with Gasteiger partial charge in [-0.1, -0.05) is 12.1 Å². The lowest BCUT2D eigenvalue weighted by atomic mass is 10.1. The molecule has 1 aromatic rings. The van der Waals surface area contributed by atoms with Crippen LogP contribution in [-0.4, -0.2) is 29.2 Å². The molecule has 0 unspecified atom stereocenters. The summed E-state index contributed by atoms with van der Waals surface area (Å²) in [4.78, 5) is 2.19. The van der Waals surface area contributed by atoms with Gasteiger partial charge in [0.2, 0.25) is 0 Å². The third-order valence-corrected chi connectivity index (χ3v) is 2.51. The van der Waals surface area contributed by atoms with Gasteiger partial charge >= 0.3 is 0 Å². The fourth-order valence-electron chi connectivity index (χ4n) is 1.55. The molecule has 0 bridgehead atoms. The van der Waals surface area contributed by atoms with Crippen molar-refractivity contribution in [3.63, 3.8) is 0 Å². The van der Waals surface area contributed by atoms with Gasteiger partial charge in [-0.25, -0.2) is 0 Å². The number of benzene rings is 1. The summed E-state index contributed by atoms with van der Waals surface area (Å²) in [6.45, 7) is 5.40. The average Bonchev–Trinajstić information content (AvgIpc) is 2.14. The van der Waals surface area contributed by atoms with Gasteiger partial charge in [0.15, 0.2) is 0 Å². The van der Waals surface area contributed by atoms with E-state index in [0.29, 0.717) is 0 Å². The minimum Gasteiger partial charge on any atom is -0.399 e. The first-order valence-corrected chi connectivity index (χ1v) is 5.62. The van der Waals surface area contributed by atoms with Crippen LogP contribution < -0.4 is 5.73 Å². The highest BCUT2D eigenvalue weighted by Gasteiger charge is 2.13. The molecule has 0 fully saturated rings. The first kappa shape index (κ1) is 13.0. The van der Waals surface area contributed by atoms with Crippen molar-refractivity contribution in [2.45, 2.75) is 32.4 Å². The first-order valence-electron chi connectivity index (χ1n) is 5.62. The molecule has 0 heterocycles. The van der Waals surface area contributed by atoms with Crippen LogP contribution in [0.25, 0.3) is 0 Å². The minimum atomic E-state index is -0.593. The van der Waals surface area contributed by atoms with Gasteiger partial charge in [-0.05, 0) is 45.0 Å². The fraction of sp³-hybridized carbons (Fsp3) is 0.538. The second kappa shape index (κ2) is 5.32. The van der Waals surface area contributed by atoms with Crippen LogP contribution in [0, 0.1) is 0 Å². The largest absolute Gasteiger partial charge is 0.399 e. The highest BCUT2D eigenvalue weighted by atomic mass is 16.3. The Bertz CT molecular complexity index is 331. The van der Waals surface area contributed by atoms with Gasteiger partial charge < -0.3 is 15.7 Å². The Hall–Kier alpha value is -1.06. The standard InChI is InChI=1S/C13H22N2O/c1-13(2,16)7-8-15(3)10-11-5-4-6-12(14)9-11/h4-6,9,16H,7-8,10,14H2,1-3H3. The van der Waals surface area contributed by atoms with Crippen molar-refractivity contribution in [1.29, 1.82) is 0 Å². The number of hydrogen-bond donors (Lipinski definition) is 2. The van der Waals surface area contributed by atoms with Gasteiger partial charge in [-0.3, -0.25) is 0 Å². The van der Waals surface area contributed by atoms with Crippen LogP contribution in [-0.2, 0) is 6.54 Å². The molecule has 3 heteroatoms. The second-order valence-electron chi connectivity index (χ2n) is 5.05. The number of nitrogens with two attached hydrogens (primary N) is 1. The van der Waals surface area contributed by atoms with Gasteiger partial charge in [-0.15, -0.1) is 0 Å². The molecule has 1 rings (SSSR count). The molecule has 1 aromatic carbocycles. The maximum atomic E-state index is 9.63. The van der Waals surface area contributed by atoms with E-state index in [-0.39, 0.29) is 0 Å². The third kappa shape index (κ3) is 5.14. The normalized spacial score (nSPS) is 12.1. The molecule has 0 aliphatic rings. The number of hydrogen-bond acceptors (Lipinski definition) is 3. The van der Waals surface area contributed by atoms with E-state index >= 15 is 0 Å². The molecule has 0 amide bonds. The summed E-state index contributed by atoms with van der Waals surface area (Å²) in [6, 6.07) is 7.91. The lowest BCUT2D eigenvalue weighted by Gasteiger charge is -2.22. The van der Waals surface area contributed by atoms with E-state index in [1.165, 1.54) is 5.56 Å². The van der Waals surface area contributed by atoms with Crippen LogP contribution in [0.3, 0.4) is 0 Å². The molecular formula is C13H22N2O. The average molecular weight is 222 g/mol. The number of nitrogen functional groups attached to an aromatic ring is 1. The molecule has 0 atom stereocenters. The lowest BCUT2D eigenvalue weighted by molar-refractivity contribution is 0.0599. The number of nitrogens with zero attached hydrogens (tertiary/aromatic N) is 1. The van der Waals surface area contributed by atoms with Crippen molar-refractivity contribution in [1.82, 2.24) is 4.90 Å². The Balaban J connectivity index is 2.43. The zero-order valence-corrected chi connectivity index (χ0v) is 10.4.